The van der Waals surface area contributed by atoms with Crippen LogP contribution in [0.1, 0.15) is 35.3 Å². The van der Waals surface area contributed by atoms with Crippen LogP contribution in [0.2, 0.25) is 0 Å². The van der Waals surface area contributed by atoms with Crippen molar-refractivity contribution in [1.29, 1.82) is 0 Å². The molecule has 0 spiro atoms. The molecule has 1 fully saturated rings. The second-order valence-electron chi connectivity index (χ2n) is 5.60. The van der Waals surface area contributed by atoms with Gasteiger partial charge in [0.05, 0.1) is 11.7 Å². The van der Waals surface area contributed by atoms with Crippen molar-refractivity contribution in [3.05, 3.63) is 46.2 Å². The fraction of sp³-hybridized carbons (Fsp3) is 0.333. The van der Waals surface area contributed by atoms with E-state index >= 15 is 0 Å². The van der Waals surface area contributed by atoms with Crippen LogP contribution in [0.4, 0.5) is 0 Å². The van der Waals surface area contributed by atoms with Gasteiger partial charge in [0.15, 0.2) is 5.69 Å². The number of carboxylic acid groups (broad SMARTS) is 1. The van der Waals surface area contributed by atoms with Crippen molar-refractivity contribution >= 4 is 27.8 Å². The number of nitrogens with zero attached hydrogens (tertiary/aromatic N) is 3. The Balaban J connectivity index is 1.70. The number of halogens is 1. The van der Waals surface area contributed by atoms with E-state index in [0.717, 1.165) is 29.3 Å². The van der Waals surface area contributed by atoms with Gasteiger partial charge in [0.2, 0.25) is 5.91 Å². The minimum absolute atomic E-state index is 0.0570. The standard InChI is InChI=1S/C15H15BrN4O3/c16-11-4-2-10(3-5-11)15(6-1-7-15)17-13(21)9-20-8-12(14(22)23)18-19-20/h2-5,8H,1,6-7,9H2,(H,17,21)(H,22,23). The summed E-state index contributed by atoms with van der Waals surface area (Å²) in [6.07, 6.45) is 4.08. The molecule has 0 aliphatic heterocycles. The maximum atomic E-state index is 12.3. The van der Waals surface area contributed by atoms with Crippen molar-refractivity contribution in [3.63, 3.8) is 0 Å². The Morgan fingerprint density at radius 2 is 2.00 bits per heavy atom. The molecule has 1 aromatic carbocycles. The Morgan fingerprint density at radius 1 is 1.30 bits per heavy atom. The molecule has 0 saturated heterocycles. The number of rotatable bonds is 5. The number of benzene rings is 1. The largest absolute Gasteiger partial charge is 0.476 e. The van der Waals surface area contributed by atoms with Crippen LogP contribution in [0.3, 0.4) is 0 Å². The highest BCUT2D eigenvalue weighted by Gasteiger charge is 2.39. The second kappa shape index (κ2) is 6.11. The number of nitrogens with one attached hydrogen (secondary N) is 1. The first-order chi connectivity index (χ1) is 11.0. The van der Waals surface area contributed by atoms with Gasteiger partial charge in [-0.05, 0) is 37.0 Å². The lowest BCUT2D eigenvalue weighted by Crippen LogP contribution is -2.51. The number of carbonyl (C=O) groups excluding carboxylic acids is 1. The van der Waals surface area contributed by atoms with Gasteiger partial charge in [-0.15, -0.1) is 5.10 Å². The average Bonchev–Trinajstić information content (AvgIpc) is 2.92. The molecule has 8 heteroatoms. The molecule has 0 atom stereocenters. The summed E-state index contributed by atoms with van der Waals surface area (Å²) in [4.78, 5) is 23.1. The summed E-state index contributed by atoms with van der Waals surface area (Å²) in [5, 5.41) is 19.0. The summed E-state index contributed by atoms with van der Waals surface area (Å²) in [6, 6.07) is 7.92. The van der Waals surface area contributed by atoms with E-state index in [1.807, 2.05) is 24.3 Å². The average molecular weight is 379 g/mol. The van der Waals surface area contributed by atoms with Crippen molar-refractivity contribution in [1.82, 2.24) is 20.3 Å². The van der Waals surface area contributed by atoms with Gasteiger partial charge in [0.25, 0.3) is 0 Å². The molecule has 7 nitrogen and oxygen atoms in total. The van der Waals surface area contributed by atoms with E-state index < -0.39 is 5.97 Å². The fourth-order valence-electron chi connectivity index (χ4n) is 2.71. The molecule has 0 unspecified atom stereocenters. The summed E-state index contributed by atoms with van der Waals surface area (Å²) in [6.45, 7) is -0.0570. The zero-order valence-electron chi connectivity index (χ0n) is 12.2. The molecule has 2 aromatic rings. The summed E-state index contributed by atoms with van der Waals surface area (Å²) >= 11 is 3.41. The molecule has 0 radical (unpaired) electrons. The number of aromatic carboxylic acids is 1. The van der Waals surface area contributed by atoms with Gasteiger partial charge in [-0.1, -0.05) is 33.3 Å². The number of hydrogen-bond donors (Lipinski definition) is 2. The fourth-order valence-corrected chi connectivity index (χ4v) is 2.98. The zero-order chi connectivity index (χ0) is 16.4. The van der Waals surface area contributed by atoms with E-state index in [4.69, 9.17) is 5.11 Å². The minimum Gasteiger partial charge on any atom is -0.476 e. The maximum absolute atomic E-state index is 12.3. The molecule has 1 aliphatic carbocycles. The molecule has 23 heavy (non-hydrogen) atoms. The quantitative estimate of drug-likeness (QED) is 0.828. The van der Waals surface area contributed by atoms with Crippen LogP contribution in [0.5, 0.6) is 0 Å². The summed E-state index contributed by atoms with van der Waals surface area (Å²) < 4.78 is 2.22. The van der Waals surface area contributed by atoms with Gasteiger partial charge >= 0.3 is 5.97 Å². The predicted octanol–water partition coefficient (Wildman–Crippen LogP) is 1.93. The number of aromatic nitrogens is 3. The topological polar surface area (TPSA) is 97.1 Å². The Labute approximate surface area is 140 Å². The van der Waals surface area contributed by atoms with Crippen LogP contribution >= 0.6 is 15.9 Å². The smallest absolute Gasteiger partial charge is 0.358 e. The maximum Gasteiger partial charge on any atom is 0.358 e. The van der Waals surface area contributed by atoms with Gasteiger partial charge in [-0.3, -0.25) is 4.79 Å². The van der Waals surface area contributed by atoms with E-state index in [1.54, 1.807) is 0 Å². The van der Waals surface area contributed by atoms with Crippen molar-refractivity contribution in [2.75, 3.05) is 0 Å². The molecule has 120 valence electrons. The van der Waals surface area contributed by atoms with Gasteiger partial charge in [-0.2, -0.15) is 0 Å². The highest BCUT2D eigenvalue weighted by Crippen LogP contribution is 2.41. The molecular formula is C15H15BrN4O3. The number of hydrogen-bond acceptors (Lipinski definition) is 4. The molecule has 2 N–H and O–H groups in total. The predicted molar refractivity (Wildman–Crippen MR) is 84.8 cm³/mol. The first-order valence-electron chi connectivity index (χ1n) is 7.19. The minimum atomic E-state index is -1.16. The lowest BCUT2D eigenvalue weighted by atomic mass is 9.72. The Bertz CT molecular complexity index is 737. The normalized spacial score (nSPS) is 15.7. The van der Waals surface area contributed by atoms with Crippen LogP contribution < -0.4 is 5.32 Å². The van der Waals surface area contributed by atoms with Crippen LogP contribution in [-0.2, 0) is 16.9 Å². The lowest BCUT2D eigenvalue weighted by Gasteiger charge is -2.43. The molecular weight excluding hydrogens is 364 g/mol. The monoisotopic (exact) mass is 378 g/mol. The highest BCUT2D eigenvalue weighted by atomic mass is 79.9. The van der Waals surface area contributed by atoms with Gasteiger partial charge in [0, 0.05) is 4.47 Å². The van der Waals surface area contributed by atoms with Crippen molar-refractivity contribution in [3.8, 4) is 0 Å². The number of amides is 1. The second-order valence-corrected chi connectivity index (χ2v) is 6.51. The summed E-state index contributed by atoms with van der Waals surface area (Å²) in [7, 11) is 0. The van der Waals surface area contributed by atoms with Crippen LogP contribution in [-0.4, -0.2) is 32.0 Å². The van der Waals surface area contributed by atoms with Gasteiger partial charge < -0.3 is 10.4 Å². The van der Waals surface area contributed by atoms with E-state index in [0.29, 0.717) is 0 Å². The molecule has 1 saturated carbocycles. The highest BCUT2D eigenvalue weighted by molar-refractivity contribution is 9.10. The van der Waals surface area contributed by atoms with E-state index in [9.17, 15) is 9.59 Å². The molecule has 1 aliphatic rings. The van der Waals surface area contributed by atoms with Crippen LogP contribution in [0.25, 0.3) is 0 Å². The molecule has 1 heterocycles. The molecule has 3 rings (SSSR count). The third-order valence-corrected chi connectivity index (χ3v) is 4.57. The first-order valence-corrected chi connectivity index (χ1v) is 7.98. The lowest BCUT2D eigenvalue weighted by molar-refractivity contribution is -0.125. The number of carbonyl (C=O) groups is 2. The third-order valence-electron chi connectivity index (χ3n) is 4.05. The van der Waals surface area contributed by atoms with Gasteiger partial charge in [0.1, 0.15) is 6.54 Å². The van der Waals surface area contributed by atoms with Crippen LogP contribution in [0, 0.1) is 0 Å². The third kappa shape index (κ3) is 3.26. The first kappa shape index (κ1) is 15.7. The van der Waals surface area contributed by atoms with Gasteiger partial charge in [-0.25, -0.2) is 9.48 Å². The SMILES string of the molecule is O=C(Cn1cc(C(=O)O)nn1)NC1(c2ccc(Br)cc2)CCC1. The Morgan fingerprint density at radius 3 is 2.52 bits per heavy atom. The molecule has 0 bridgehead atoms. The van der Waals surface area contributed by atoms with E-state index in [-0.39, 0.29) is 23.7 Å². The molecule has 1 amide bonds. The molecule has 1 aromatic heterocycles. The Kier molecular flexibility index (Phi) is 4.16. The van der Waals surface area contributed by atoms with Crippen molar-refractivity contribution < 1.29 is 14.7 Å². The van der Waals surface area contributed by atoms with Crippen molar-refractivity contribution in [2.24, 2.45) is 0 Å². The van der Waals surface area contributed by atoms with E-state index in [2.05, 4.69) is 31.6 Å². The van der Waals surface area contributed by atoms with Crippen molar-refractivity contribution in [2.45, 2.75) is 31.3 Å². The summed E-state index contributed by atoms with van der Waals surface area (Å²) in [5.74, 6) is -1.38. The zero-order valence-corrected chi connectivity index (χ0v) is 13.8. The summed E-state index contributed by atoms with van der Waals surface area (Å²) in [5.41, 5.74) is 0.558. The number of carboxylic acids is 1. The van der Waals surface area contributed by atoms with E-state index in [1.165, 1.54) is 10.9 Å². The van der Waals surface area contributed by atoms with Crippen LogP contribution in [0.15, 0.2) is 34.9 Å². The Hall–Kier alpha value is -2.22.